The third-order valence-electron chi connectivity index (χ3n) is 0.995. The van der Waals surface area contributed by atoms with Gasteiger partial charge in [0.1, 0.15) is 0 Å². The molecule has 0 amide bonds. The molecule has 1 fully saturated rings. The van der Waals surface area contributed by atoms with Crippen LogP contribution >= 0.6 is 0 Å². The Bertz CT molecular complexity index is 43.3. The van der Waals surface area contributed by atoms with Gasteiger partial charge in [0.15, 0.2) is 0 Å². The Morgan fingerprint density at radius 3 is 2.67 bits per heavy atom. The molecule has 0 N–H and O–H groups in total. The number of rotatable bonds is 1. The summed E-state index contributed by atoms with van der Waals surface area (Å²) in [6.45, 7) is 4.25. The molecular formula is C3H8AlNO. The minimum atomic E-state index is -0.148. The van der Waals surface area contributed by atoms with E-state index < -0.39 is 0 Å². The SMILES string of the molecule is CC[N]1C[O][AlH]1. The second kappa shape index (κ2) is 1.95. The van der Waals surface area contributed by atoms with E-state index >= 15 is 0 Å². The molecule has 1 aliphatic rings. The molecule has 0 aromatic rings. The molecule has 0 bridgehead atoms. The molecule has 0 atom stereocenters. The lowest BCUT2D eigenvalue weighted by atomic mass is 10.8. The maximum atomic E-state index is 4.99. The minimum absolute atomic E-state index is 0.148. The van der Waals surface area contributed by atoms with Gasteiger partial charge in [-0.05, 0) is 6.54 Å². The molecule has 0 aromatic carbocycles. The molecule has 1 aliphatic heterocycles. The highest BCUT2D eigenvalue weighted by Crippen LogP contribution is 1.94. The quantitative estimate of drug-likeness (QED) is 0.415. The second-order valence-electron chi connectivity index (χ2n) is 1.45. The number of nitrogens with zero attached hydrogens (tertiary/aromatic N) is 1. The lowest BCUT2D eigenvalue weighted by Crippen LogP contribution is -2.42. The van der Waals surface area contributed by atoms with Crippen molar-refractivity contribution in [1.29, 1.82) is 0 Å². The van der Waals surface area contributed by atoms with Crippen molar-refractivity contribution in [1.82, 2.24) is 3.88 Å². The lowest BCUT2D eigenvalue weighted by molar-refractivity contribution is 0.108. The standard InChI is InChI=1S/C3H7NO.Al.H/c1-2-4-3-5;;/h2-3H2,1H3;;/q-2;+2;. The fourth-order valence-electron chi connectivity index (χ4n) is 0.403. The maximum Gasteiger partial charge on any atom is 0.557 e. The zero-order valence-corrected chi connectivity index (χ0v) is 5.39. The van der Waals surface area contributed by atoms with Crippen LogP contribution in [0.2, 0.25) is 0 Å². The third kappa shape index (κ3) is 0.743. The summed E-state index contributed by atoms with van der Waals surface area (Å²) in [7, 11) is 0. The van der Waals surface area contributed by atoms with E-state index in [4.69, 9.17) is 3.79 Å². The summed E-state index contributed by atoms with van der Waals surface area (Å²) in [6.07, 6.45) is 0. The zero-order chi connectivity index (χ0) is 4.41. The number of hydrogen-bond acceptors (Lipinski definition) is 2. The van der Waals surface area contributed by atoms with Crippen LogP contribution in [0.4, 0.5) is 0 Å². The molecule has 0 radical (unpaired) electrons. The molecule has 1 saturated heterocycles. The minimum Gasteiger partial charge on any atom is -0.481 e. The summed E-state index contributed by atoms with van der Waals surface area (Å²) in [6, 6.07) is 0. The van der Waals surface area contributed by atoms with Crippen LogP contribution in [0.25, 0.3) is 0 Å². The Morgan fingerprint density at radius 2 is 2.67 bits per heavy atom. The van der Waals surface area contributed by atoms with Crippen LogP contribution in [0.1, 0.15) is 6.92 Å². The van der Waals surface area contributed by atoms with Crippen LogP contribution < -0.4 is 0 Å². The van der Waals surface area contributed by atoms with Crippen molar-refractivity contribution in [2.24, 2.45) is 0 Å². The molecule has 1 heterocycles. The largest absolute Gasteiger partial charge is 0.557 e. The summed E-state index contributed by atoms with van der Waals surface area (Å²) in [5.41, 5.74) is 0. The Labute approximate surface area is 44.3 Å². The fraction of sp³-hybridized carbons (Fsp3) is 1.00. The van der Waals surface area contributed by atoms with Crippen molar-refractivity contribution in [3.05, 3.63) is 0 Å². The van der Waals surface area contributed by atoms with E-state index in [1.54, 1.807) is 0 Å². The first-order chi connectivity index (χ1) is 2.93. The van der Waals surface area contributed by atoms with Gasteiger partial charge in [-0.1, -0.05) is 6.92 Å². The van der Waals surface area contributed by atoms with Crippen LogP contribution in [0, 0.1) is 0 Å². The van der Waals surface area contributed by atoms with E-state index in [0.29, 0.717) is 0 Å². The summed E-state index contributed by atoms with van der Waals surface area (Å²) >= 11 is -0.148. The molecular weight excluding hydrogens is 93.0 g/mol. The summed E-state index contributed by atoms with van der Waals surface area (Å²) in [4.78, 5) is 0. The molecule has 0 saturated carbocycles. The Hall–Kier alpha value is 0.452. The molecule has 0 aromatic heterocycles. The number of hydrogen-bond donors (Lipinski definition) is 0. The maximum absolute atomic E-state index is 4.99. The highest BCUT2D eigenvalue weighted by molar-refractivity contribution is 6.25. The van der Waals surface area contributed by atoms with Gasteiger partial charge >= 0.3 is 15.8 Å². The van der Waals surface area contributed by atoms with E-state index in [1.165, 1.54) is 6.54 Å². The zero-order valence-electron chi connectivity index (χ0n) is 3.98. The first-order valence-corrected chi connectivity index (χ1v) is 3.44. The van der Waals surface area contributed by atoms with Crippen LogP contribution in [-0.2, 0) is 3.79 Å². The first kappa shape index (κ1) is 4.61. The van der Waals surface area contributed by atoms with Gasteiger partial charge in [0.05, 0.1) is 6.73 Å². The summed E-state index contributed by atoms with van der Waals surface area (Å²) < 4.78 is 7.34. The Kier molecular flexibility index (Phi) is 1.49. The van der Waals surface area contributed by atoms with E-state index in [0.717, 1.165) is 6.73 Å². The van der Waals surface area contributed by atoms with Crippen molar-refractivity contribution in [3.8, 4) is 0 Å². The van der Waals surface area contributed by atoms with Gasteiger partial charge in [0.2, 0.25) is 0 Å². The topological polar surface area (TPSA) is 12.5 Å². The van der Waals surface area contributed by atoms with Crippen LogP contribution in [-0.4, -0.2) is 32.9 Å². The lowest BCUT2D eigenvalue weighted by Gasteiger charge is -2.28. The molecule has 0 unspecified atom stereocenters. The van der Waals surface area contributed by atoms with Gasteiger partial charge in [-0.3, -0.25) is 0 Å². The van der Waals surface area contributed by atoms with Crippen molar-refractivity contribution >= 4 is 15.8 Å². The van der Waals surface area contributed by atoms with E-state index in [2.05, 4.69) is 10.8 Å². The van der Waals surface area contributed by atoms with Crippen molar-refractivity contribution in [2.45, 2.75) is 6.92 Å². The Balaban J connectivity index is 2.01. The van der Waals surface area contributed by atoms with Crippen molar-refractivity contribution in [3.63, 3.8) is 0 Å². The van der Waals surface area contributed by atoms with Gasteiger partial charge in [0.25, 0.3) is 0 Å². The molecule has 6 heavy (non-hydrogen) atoms. The first-order valence-electron chi connectivity index (χ1n) is 2.23. The molecule has 0 aliphatic carbocycles. The van der Waals surface area contributed by atoms with E-state index in [-0.39, 0.29) is 15.8 Å². The van der Waals surface area contributed by atoms with E-state index in [1.807, 2.05) is 0 Å². The van der Waals surface area contributed by atoms with Gasteiger partial charge in [-0.15, -0.1) is 0 Å². The van der Waals surface area contributed by atoms with Crippen LogP contribution in [0.15, 0.2) is 0 Å². The molecule has 34 valence electrons. The van der Waals surface area contributed by atoms with Crippen molar-refractivity contribution in [2.75, 3.05) is 13.3 Å². The fourth-order valence-corrected chi connectivity index (χ4v) is 1.03. The van der Waals surface area contributed by atoms with Gasteiger partial charge in [-0.2, -0.15) is 0 Å². The molecule has 2 nitrogen and oxygen atoms in total. The van der Waals surface area contributed by atoms with Crippen LogP contribution in [0.5, 0.6) is 0 Å². The smallest absolute Gasteiger partial charge is 0.481 e. The normalized spacial score (nSPS) is 22.2. The average Bonchev–Trinajstić information content (AvgIpc) is 1.31. The van der Waals surface area contributed by atoms with Gasteiger partial charge < -0.3 is 7.67 Å². The van der Waals surface area contributed by atoms with E-state index in [9.17, 15) is 0 Å². The average molecular weight is 101 g/mol. The predicted molar refractivity (Wildman–Crippen MR) is 25.5 cm³/mol. The molecule has 0 spiro atoms. The molecule has 3 heteroatoms. The predicted octanol–water partition coefficient (Wildman–Crippen LogP) is -0.438. The highest BCUT2D eigenvalue weighted by Gasteiger charge is 2.15. The van der Waals surface area contributed by atoms with Crippen LogP contribution in [0.3, 0.4) is 0 Å². The summed E-state index contributed by atoms with van der Waals surface area (Å²) in [5, 5.41) is 0. The van der Waals surface area contributed by atoms with Gasteiger partial charge in [0, 0.05) is 0 Å². The van der Waals surface area contributed by atoms with Gasteiger partial charge in [-0.25, -0.2) is 0 Å². The highest BCUT2D eigenvalue weighted by atomic mass is 27.2. The molecule has 1 rings (SSSR count). The Morgan fingerprint density at radius 1 is 2.00 bits per heavy atom. The monoisotopic (exact) mass is 101 g/mol. The third-order valence-corrected chi connectivity index (χ3v) is 2.36. The summed E-state index contributed by atoms with van der Waals surface area (Å²) in [5.74, 6) is 0. The second-order valence-corrected chi connectivity index (χ2v) is 3.01. The van der Waals surface area contributed by atoms with Crippen molar-refractivity contribution < 1.29 is 3.79 Å².